The molecule has 0 aliphatic heterocycles. The summed E-state index contributed by atoms with van der Waals surface area (Å²) in [4.78, 5) is 12.7. The maximum atomic E-state index is 12.9. The third kappa shape index (κ3) is 5.56. The highest BCUT2D eigenvalue weighted by Crippen LogP contribution is 2.35. The fraction of sp³-hybridized carbons (Fsp3) is 0.350. The fourth-order valence-electron chi connectivity index (χ4n) is 2.70. The zero-order valence-electron chi connectivity index (χ0n) is 17.3. The van der Waals surface area contributed by atoms with Crippen LogP contribution in [0.25, 0.3) is 0 Å². The Bertz CT molecular complexity index is 980. The van der Waals surface area contributed by atoms with Gasteiger partial charge in [0.1, 0.15) is 17.2 Å². The van der Waals surface area contributed by atoms with Gasteiger partial charge in [0.25, 0.3) is 0 Å². The molecule has 2 rings (SSSR count). The molecule has 1 N–H and O–H groups in total. The van der Waals surface area contributed by atoms with Crippen LogP contribution >= 0.6 is 11.6 Å². The van der Waals surface area contributed by atoms with Gasteiger partial charge in [-0.3, -0.25) is 4.79 Å². The number of sulfonamides is 1. The SMILES string of the molecule is CCOc1ccc(S(=O)(=O)N(CC)CC(=O)Nc2cc(OC)c(Cl)cc2OC)cc1. The van der Waals surface area contributed by atoms with Crippen LogP contribution in [0.3, 0.4) is 0 Å². The Labute approximate surface area is 181 Å². The average Bonchev–Trinajstić information content (AvgIpc) is 2.73. The Morgan fingerprint density at radius 3 is 2.23 bits per heavy atom. The lowest BCUT2D eigenvalue weighted by Gasteiger charge is -2.21. The number of hydrogen-bond donors (Lipinski definition) is 1. The molecule has 164 valence electrons. The molecular formula is C20H25ClN2O6S. The number of amides is 1. The molecule has 0 spiro atoms. The monoisotopic (exact) mass is 456 g/mol. The molecule has 0 heterocycles. The fourth-order valence-corrected chi connectivity index (χ4v) is 4.33. The van der Waals surface area contributed by atoms with Crippen LogP contribution in [0.2, 0.25) is 5.02 Å². The summed E-state index contributed by atoms with van der Waals surface area (Å²) in [6.07, 6.45) is 0. The molecular weight excluding hydrogens is 432 g/mol. The number of halogens is 1. The van der Waals surface area contributed by atoms with E-state index < -0.39 is 15.9 Å². The van der Waals surface area contributed by atoms with Crippen molar-refractivity contribution >= 4 is 33.2 Å². The maximum Gasteiger partial charge on any atom is 0.243 e. The van der Waals surface area contributed by atoms with Gasteiger partial charge >= 0.3 is 0 Å². The van der Waals surface area contributed by atoms with Crippen LogP contribution in [0.1, 0.15) is 13.8 Å². The molecule has 0 atom stereocenters. The number of benzene rings is 2. The molecule has 8 nitrogen and oxygen atoms in total. The van der Waals surface area contributed by atoms with Crippen molar-refractivity contribution in [2.75, 3.05) is 39.2 Å². The summed E-state index contributed by atoms with van der Waals surface area (Å²) in [5.41, 5.74) is 0.318. The van der Waals surface area contributed by atoms with Crippen molar-refractivity contribution in [3.63, 3.8) is 0 Å². The number of likely N-dealkylation sites (N-methyl/N-ethyl adjacent to an activating group) is 1. The number of hydrogen-bond acceptors (Lipinski definition) is 6. The maximum absolute atomic E-state index is 12.9. The topological polar surface area (TPSA) is 94.2 Å². The number of nitrogens with zero attached hydrogens (tertiary/aromatic N) is 1. The van der Waals surface area contributed by atoms with Crippen LogP contribution in [-0.2, 0) is 14.8 Å². The summed E-state index contributed by atoms with van der Waals surface area (Å²) in [6, 6.07) is 9.08. The van der Waals surface area contributed by atoms with Crippen molar-refractivity contribution in [2.45, 2.75) is 18.7 Å². The second-order valence-electron chi connectivity index (χ2n) is 6.07. The van der Waals surface area contributed by atoms with Crippen LogP contribution in [0, 0.1) is 0 Å². The second kappa shape index (κ2) is 10.5. The Hall–Kier alpha value is -2.49. The van der Waals surface area contributed by atoms with Gasteiger partial charge in [-0.25, -0.2) is 8.42 Å². The second-order valence-corrected chi connectivity index (χ2v) is 8.42. The van der Waals surface area contributed by atoms with Gasteiger partial charge in [0.15, 0.2) is 0 Å². The summed E-state index contributed by atoms with van der Waals surface area (Å²) in [5, 5.41) is 2.97. The number of nitrogens with one attached hydrogen (secondary N) is 1. The molecule has 2 aromatic carbocycles. The van der Waals surface area contributed by atoms with Crippen molar-refractivity contribution < 1.29 is 27.4 Å². The standard InChI is InChI=1S/C20H25ClN2O6S/c1-5-23(30(25,26)15-9-7-14(8-10-15)29-6-2)13-20(24)22-17-12-18(27-3)16(21)11-19(17)28-4/h7-12H,5-6,13H2,1-4H3,(H,22,24). The Morgan fingerprint density at radius 1 is 1.07 bits per heavy atom. The van der Waals surface area contributed by atoms with Gasteiger partial charge in [-0.1, -0.05) is 18.5 Å². The average molecular weight is 457 g/mol. The molecule has 0 bridgehead atoms. The predicted octanol–water partition coefficient (Wildman–Crippen LogP) is 3.41. The third-order valence-electron chi connectivity index (χ3n) is 4.19. The molecule has 2 aromatic rings. The molecule has 0 fully saturated rings. The van der Waals surface area contributed by atoms with Gasteiger partial charge in [0, 0.05) is 18.7 Å². The van der Waals surface area contributed by atoms with Crippen molar-refractivity contribution in [2.24, 2.45) is 0 Å². The first kappa shape index (κ1) is 23.8. The van der Waals surface area contributed by atoms with Crippen molar-refractivity contribution in [3.8, 4) is 17.2 Å². The Morgan fingerprint density at radius 2 is 1.70 bits per heavy atom. The molecule has 0 saturated heterocycles. The minimum absolute atomic E-state index is 0.0753. The van der Waals surface area contributed by atoms with E-state index in [1.54, 1.807) is 19.1 Å². The lowest BCUT2D eigenvalue weighted by molar-refractivity contribution is -0.116. The van der Waals surface area contributed by atoms with Crippen LogP contribution in [-0.4, -0.2) is 52.5 Å². The van der Waals surface area contributed by atoms with E-state index in [0.717, 1.165) is 4.31 Å². The number of carbonyl (C=O) groups excluding carboxylic acids is 1. The third-order valence-corrected chi connectivity index (χ3v) is 6.42. The quantitative estimate of drug-likeness (QED) is 0.588. The van der Waals surface area contributed by atoms with E-state index in [2.05, 4.69) is 5.32 Å². The molecule has 1 amide bonds. The smallest absolute Gasteiger partial charge is 0.243 e. The summed E-state index contributed by atoms with van der Waals surface area (Å²) in [5.74, 6) is 0.712. The lowest BCUT2D eigenvalue weighted by atomic mass is 10.2. The largest absolute Gasteiger partial charge is 0.495 e. The normalized spacial score (nSPS) is 11.3. The summed E-state index contributed by atoms with van der Waals surface area (Å²) < 4.78 is 42.7. The predicted molar refractivity (Wildman–Crippen MR) is 115 cm³/mol. The van der Waals surface area contributed by atoms with Crippen LogP contribution in [0.15, 0.2) is 41.3 Å². The molecule has 0 radical (unpaired) electrons. The number of ether oxygens (including phenoxy) is 3. The first-order chi connectivity index (χ1) is 14.3. The molecule has 0 unspecified atom stereocenters. The van der Waals surface area contributed by atoms with Gasteiger partial charge in [0.05, 0.1) is 43.0 Å². The number of rotatable bonds is 10. The van der Waals surface area contributed by atoms with Crippen molar-refractivity contribution in [1.82, 2.24) is 4.31 Å². The zero-order chi connectivity index (χ0) is 22.3. The minimum atomic E-state index is -3.87. The molecule has 0 aromatic heterocycles. The minimum Gasteiger partial charge on any atom is -0.495 e. The number of anilines is 1. The van der Waals surface area contributed by atoms with Gasteiger partial charge in [-0.05, 0) is 31.2 Å². The van der Waals surface area contributed by atoms with Crippen molar-refractivity contribution in [3.05, 3.63) is 41.4 Å². The molecule has 10 heteroatoms. The van der Waals surface area contributed by atoms with Crippen LogP contribution in [0.5, 0.6) is 17.2 Å². The Kier molecular flexibility index (Phi) is 8.33. The highest BCUT2D eigenvalue weighted by molar-refractivity contribution is 7.89. The molecule has 0 aliphatic rings. The van der Waals surface area contributed by atoms with E-state index in [-0.39, 0.29) is 18.0 Å². The zero-order valence-corrected chi connectivity index (χ0v) is 18.8. The van der Waals surface area contributed by atoms with Crippen molar-refractivity contribution in [1.29, 1.82) is 0 Å². The van der Waals surface area contributed by atoms with E-state index in [1.165, 1.54) is 38.5 Å². The van der Waals surface area contributed by atoms with E-state index in [4.69, 9.17) is 25.8 Å². The highest BCUT2D eigenvalue weighted by atomic mass is 35.5. The Balaban J connectivity index is 2.19. The van der Waals surface area contributed by atoms with Crippen LogP contribution < -0.4 is 19.5 Å². The van der Waals surface area contributed by atoms with Gasteiger partial charge in [-0.2, -0.15) is 4.31 Å². The molecule has 30 heavy (non-hydrogen) atoms. The summed E-state index contributed by atoms with van der Waals surface area (Å²) in [7, 11) is -0.987. The van der Waals surface area contributed by atoms with Gasteiger partial charge in [0.2, 0.25) is 15.9 Å². The number of methoxy groups -OCH3 is 2. The first-order valence-electron chi connectivity index (χ1n) is 9.21. The summed E-state index contributed by atoms with van der Waals surface area (Å²) in [6.45, 7) is 3.72. The van der Waals surface area contributed by atoms with E-state index >= 15 is 0 Å². The lowest BCUT2D eigenvalue weighted by Crippen LogP contribution is -2.37. The van der Waals surface area contributed by atoms with E-state index in [0.29, 0.717) is 34.6 Å². The van der Waals surface area contributed by atoms with E-state index in [9.17, 15) is 13.2 Å². The highest BCUT2D eigenvalue weighted by Gasteiger charge is 2.26. The molecule has 0 saturated carbocycles. The summed E-state index contributed by atoms with van der Waals surface area (Å²) >= 11 is 6.07. The first-order valence-corrected chi connectivity index (χ1v) is 11.0. The van der Waals surface area contributed by atoms with Gasteiger partial charge < -0.3 is 19.5 Å². The number of carbonyl (C=O) groups is 1. The van der Waals surface area contributed by atoms with Gasteiger partial charge in [-0.15, -0.1) is 0 Å². The van der Waals surface area contributed by atoms with Crippen LogP contribution in [0.4, 0.5) is 5.69 Å². The van der Waals surface area contributed by atoms with E-state index in [1.807, 2.05) is 6.92 Å². The molecule has 0 aliphatic carbocycles.